The molecule has 0 saturated carbocycles. The van der Waals surface area contributed by atoms with Gasteiger partial charge in [0.05, 0.1) is 0 Å². The van der Waals surface area contributed by atoms with Crippen LogP contribution in [-0.2, 0) is 4.79 Å². The van der Waals surface area contributed by atoms with Crippen LogP contribution in [0.15, 0.2) is 42.5 Å². The number of hydrogen-bond acceptors (Lipinski definition) is 3. The van der Waals surface area contributed by atoms with Crippen LogP contribution in [0.5, 0.6) is 0 Å². The van der Waals surface area contributed by atoms with Gasteiger partial charge < -0.3 is 10.6 Å². The summed E-state index contributed by atoms with van der Waals surface area (Å²) in [6.07, 6.45) is 1.24. The van der Waals surface area contributed by atoms with Crippen molar-refractivity contribution in [2.24, 2.45) is 0 Å². The Morgan fingerprint density at radius 1 is 1.08 bits per heavy atom. The Kier molecular flexibility index (Phi) is 7.12. The van der Waals surface area contributed by atoms with Gasteiger partial charge in [-0.25, -0.2) is 0 Å². The molecular weight excluding hydrogens is 370 g/mol. The fourth-order valence-electron chi connectivity index (χ4n) is 2.20. The van der Waals surface area contributed by atoms with Crippen LogP contribution in [-0.4, -0.2) is 16.9 Å². The number of carbonyl (C=O) groups is 2. The average Bonchev–Trinajstić information content (AvgIpc) is 2.57. The molecule has 3 N–H and O–H groups in total. The molecule has 0 bridgehead atoms. The number of amides is 2. The minimum Gasteiger partial charge on any atom is -0.332 e. The van der Waals surface area contributed by atoms with Crippen molar-refractivity contribution in [3.63, 3.8) is 0 Å². The van der Waals surface area contributed by atoms with E-state index in [0.29, 0.717) is 28.4 Å². The third-order valence-corrected chi connectivity index (χ3v) is 4.15. The first-order valence-electron chi connectivity index (χ1n) is 8.17. The van der Waals surface area contributed by atoms with Crippen LogP contribution in [0.3, 0.4) is 0 Å². The Bertz CT molecular complexity index is 839. The van der Waals surface area contributed by atoms with Gasteiger partial charge in [-0.3, -0.25) is 14.9 Å². The van der Waals surface area contributed by atoms with Gasteiger partial charge in [0.2, 0.25) is 5.91 Å². The maximum atomic E-state index is 12.2. The maximum absolute atomic E-state index is 12.2. The zero-order valence-corrected chi connectivity index (χ0v) is 16.1. The van der Waals surface area contributed by atoms with E-state index < -0.39 is 0 Å². The molecule has 2 amide bonds. The highest BCUT2D eigenvalue weighted by Crippen LogP contribution is 2.17. The minimum absolute atomic E-state index is 0.0446. The van der Waals surface area contributed by atoms with Gasteiger partial charge in [0.15, 0.2) is 5.11 Å². The highest BCUT2D eigenvalue weighted by Gasteiger charge is 2.10. The molecule has 26 heavy (non-hydrogen) atoms. The van der Waals surface area contributed by atoms with E-state index in [9.17, 15) is 9.59 Å². The summed E-state index contributed by atoms with van der Waals surface area (Å²) in [5.41, 5.74) is 2.63. The van der Waals surface area contributed by atoms with E-state index in [1.165, 1.54) is 0 Å². The number of halogens is 1. The van der Waals surface area contributed by atoms with Crippen molar-refractivity contribution < 1.29 is 9.59 Å². The number of aryl methyl sites for hydroxylation is 1. The largest absolute Gasteiger partial charge is 0.332 e. The Labute approximate surface area is 163 Å². The lowest BCUT2D eigenvalue weighted by atomic mass is 10.1. The van der Waals surface area contributed by atoms with Crippen LogP contribution in [0, 0.1) is 6.92 Å². The van der Waals surface area contributed by atoms with Crippen molar-refractivity contribution in [2.75, 3.05) is 10.6 Å². The molecule has 0 unspecified atom stereocenters. The summed E-state index contributed by atoms with van der Waals surface area (Å²) in [7, 11) is 0. The molecule has 136 valence electrons. The molecule has 0 aliphatic heterocycles. The second-order valence-corrected chi connectivity index (χ2v) is 6.57. The number of hydrogen-bond donors (Lipinski definition) is 3. The van der Waals surface area contributed by atoms with Crippen LogP contribution < -0.4 is 16.0 Å². The van der Waals surface area contributed by atoms with Crippen molar-refractivity contribution in [3.05, 3.63) is 58.6 Å². The highest BCUT2D eigenvalue weighted by atomic mass is 35.5. The van der Waals surface area contributed by atoms with Crippen molar-refractivity contribution in [1.82, 2.24) is 5.32 Å². The van der Waals surface area contributed by atoms with Crippen LogP contribution in [0.2, 0.25) is 5.02 Å². The fourth-order valence-corrected chi connectivity index (χ4v) is 2.59. The minimum atomic E-state index is -0.350. The number of anilines is 2. The predicted octanol–water partition coefficient (Wildman–Crippen LogP) is 4.51. The van der Waals surface area contributed by atoms with Crippen molar-refractivity contribution in [1.29, 1.82) is 0 Å². The number of benzene rings is 2. The Balaban J connectivity index is 1.97. The van der Waals surface area contributed by atoms with Gasteiger partial charge in [-0.2, -0.15) is 0 Å². The smallest absolute Gasteiger partial charge is 0.257 e. The van der Waals surface area contributed by atoms with Crippen LogP contribution in [0.25, 0.3) is 0 Å². The normalized spacial score (nSPS) is 10.1. The first-order valence-corrected chi connectivity index (χ1v) is 8.96. The van der Waals surface area contributed by atoms with Gasteiger partial charge in [0, 0.05) is 28.4 Å². The molecule has 0 fully saturated rings. The molecule has 0 radical (unpaired) electrons. The van der Waals surface area contributed by atoms with Crippen LogP contribution in [0.4, 0.5) is 11.4 Å². The highest BCUT2D eigenvalue weighted by molar-refractivity contribution is 7.80. The first-order chi connectivity index (χ1) is 12.4. The van der Waals surface area contributed by atoms with Gasteiger partial charge >= 0.3 is 0 Å². The third-order valence-electron chi connectivity index (χ3n) is 3.54. The van der Waals surface area contributed by atoms with E-state index in [4.69, 9.17) is 23.8 Å². The van der Waals surface area contributed by atoms with Crippen molar-refractivity contribution >= 4 is 52.1 Å². The summed E-state index contributed by atoms with van der Waals surface area (Å²) >= 11 is 11.2. The van der Waals surface area contributed by atoms with Gasteiger partial charge in [-0.1, -0.05) is 30.7 Å². The lowest BCUT2D eigenvalue weighted by Gasteiger charge is -2.11. The van der Waals surface area contributed by atoms with Crippen LogP contribution >= 0.6 is 23.8 Å². The Hall–Kier alpha value is -2.44. The predicted molar refractivity (Wildman–Crippen MR) is 110 cm³/mol. The zero-order valence-electron chi connectivity index (χ0n) is 14.6. The van der Waals surface area contributed by atoms with E-state index in [0.717, 1.165) is 12.0 Å². The summed E-state index contributed by atoms with van der Waals surface area (Å²) in [5.74, 6) is -0.395. The lowest BCUT2D eigenvalue weighted by molar-refractivity contribution is -0.116. The molecule has 2 aromatic rings. The molecular formula is C19H20ClN3O2S. The summed E-state index contributed by atoms with van der Waals surface area (Å²) < 4.78 is 0. The molecule has 0 aliphatic carbocycles. The van der Waals surface area contributed by atoms with Gasteiger partial charge in [0.1, 0.15) is 0 Å². The average molecular weight is 390 g/mol. The Morgan fingerprint density at radius 2 is 1.77 bits per heavy atom. The van der Waals surface area contributed by atoms with E-state index in [-0.39, 0.29) is 16.9 Å². The molecule has 0 atom stereocenters. The number of thiocarbonyl (C=S) groups is 1. The second-order valence-electron chi connectivity index (χ2n) is 5.75. The summed E-state index contributed by atoms with van der Waals surface area (Å²) in [6, 6.07) is 12.2. The van der Waals surface area contributed by atoms with Crippen molar-refractivity contribution in [3.8, 4) is 0 Å². The zero-order chi connectivity index (χ0) is 19.1. The first kappa shape index (κ1) is 19.9. The quantitative estimate of drug-likeness (QED) is 0.658. The molecule has 0 aromatic heterocycles. The van der Waals surface area contributed by atoms with E-state index >= 15 is 0 Å². The van der Waals surface area contributed by atoms with E-state index in [1.54, 1.807) is 42.5 Å². The topological polar surface area (TPSA) is 70.2 Å². The SMILES string of the molecule is CCCC(=O)Nc1cccc(NC(=S)NC(=O)c2ccc(C)c(Cl)c2)c1. The number of carbonyl (C=O) groups excluding carboxylic acids is 2. The standard InChI is InChI=1S/C19H20ClN3O2S/c1-3-5-17(24)21-14-6-4-7-15(11-14)22-19(26)23-18(25)13-9-8-12(2)16(20)10-13/h4,6-11H,3,5H2,1-2H3,(H,21,24)(H2,22,23,25,26). The maximum Gasteiger partial charge on any atom is 0.257 e. The monoisotopic (exact) mass is 389 g/mol. The molecule has 0 saturated heterocycles. The summed E-state index contributed by atoms with van der Waals surface area (Å²) in [5, 5.41) is 9.02. The number of nitrogens with one attached hydrogen (secondary N) is 3. The van der Waals surface area contributed by atoms with E-state index in [2.05, 4.69) is 16.0 Å². The molecule has 2 aromatic carbocycles. The molecule has 5 nitrogen and oxygen atoms in total. The molecule has 0 aliphatic rings. The summed E-state index contributed by atoms with van der Waals surface area (Å²) in [4.78, 5) is 23.9. The van der Waals surface area contributed by atoms with Crippen LogP contribution in [0.1, 0.15) is 35.7 Å². The molecule has 7 heteroatoms. The summed E-state index contributed by atoms with van der Waals surface area (Å²) in [6.45, 7) is 3.81. The Morgan fingerprint density at radius 3 is 2.42 bits per heavy atom. The molecule has 0 heterocycles. The van der Waals surface area contributed by atoms with Gasteiger partial charge in [-0.15, -0.1) is 0 Å². The van der Waals surface area contributed by atoms with E-state index in [1.807, 2.05) is 13.8 Å². The third kappa shape index (κ3) is 5.82. The fraction of sp³-hybridized carbons (Fsp3) is 0.211. The second kappa shape index (κ2) is 9.31. The van der Waals surface area contributed by atoms with Gasteiger partial charge in [0.25, 0.3) is 5.91 Å². The molecule has 0 spiro atoms. The van der Waals surface area contributed by atoms with Gasteiger partial charge in [-0.05, 0) is 61.5 Å². The lowest BCUT2D eigenvalue weighted by Crippen LogP contribution is -2.34. The molecule has 2 rings (SSSR count). The van der Waals surface area contributed by atoms with Crippen molar-refractivity contribution in [2.45, 2.75) is 26.7 Å². The number of rotatable bonds is 5.